The van der Waals surface area contributed by atoms with Crippen LogP contribution in [0, 0.1) is 0 Å². The smallest absolute Gasteiger partial charge is 0.255 e. The number of hydrogen-bond acceptors (Lipinski definition) is 7. The summed E-state index contributed by atoms with van der Waals surface area (Å²) in [6, 6.07) is 22.1. The number of rotatable bonds is 5. The van der Waals surface area contributed by atoms with Gasteiger partial charge in [0.25, 0.3) is 5.91 Å². The van der Waals surface area contributed by atoms with E-state index in [0.717, 1.165) is 11.1 Å². The molecule has 1 amide bonds. The second-order valence-corrected chi connectivity index (χ2v) is 8.40. The zero-order valence-electron chi connectivity index (χ0n) is 19.7. The first-order valence-corrected chi connectivity index (χ1v) is 11.5. The van der Waals surface area contributed by atoms with Crippen molar-refractivity contribution in [2.75, 3.05) is 24.5 Å². The summed E-state index contributed by atoms with van der Waals surface area (Å²) in [6.07, 6.45) is 0. The summed E-state index contributed by atoms with van der Waals surface area (Å²) < 4.78 is 18.3. The number of benzene rings is 3. The standard InChI is InChI=1S/C27H23N5O4/c1-16-23(26(33)29-19-10-6-7-11-20(19)34-2)24(18-12-13-21-22(14-18)36-15-35-21)32-27(28-16)30-25(31-32)17-8-4-3-5-9-17/h3-14,24H,15H2,1-2H3,(H,29,33)(H,28,30,31). The molecule has 3 heterocycles. The summed E-state index contributed by atoms with van der Waals surface area (Å²) in [5.41, 5.74) is 3.44. The van der Waals surface area contributed by atoms with E-state index in [4.69, 9.17) is 24.3 Å². The Morgan fingerprint density at radius 3 is 2.67 bits per heavy atom. The number of nitrogens with one attached hydrogen (secondary N) is 2. The van der Waals surface area contributed by atoms with Crippen LogP contribution in [0.25, 0.3) is 11.4 Å². The molecule has 2 N–H and O–H groups in total. The predicted octanol–water partition coefficient (Wildman–Crippen LogP) is 4.61. The van der Waals surface area contributed by atoms with Gasteiger partial charge in [0, 0.05) is 11.3 Å². The second kappa shape index (κ2) is 8.77. The molecule has 0 saturated heterocycles. The molecule has 9 nitrogen and oxygen atoms in total. The fourth-order valence-corrected chi connectivity index (χ4v) is 4.48. The molecule has 0 spiro atoms. The molecule has 1 atom stereocenters. The van der Waals surface area contributed by atoms with Crippen LogP contribution in [0.3, 0.4) is 0 Å². The average molecular weight is 482 g/mol. The topological polar surface area (TPSA) is 99.5 Å². The number of ether oxygens (including phenoxy) is 3. The minimum atomic E-state index is -0.560. The van der Waals surface area contributed by atoms with E-state index in [1.807, 2.05) is 67.6 Å². The number of fused-ring (bicyclic) bond motifs is 2. The quantitative estimate of drug-likeness (QED) is 0.429. The van der Waals surface area contributed by atoms with Crippen molar-refractivity contribution in [2.24, 2.45) is 0 Å². The van der Waals surface area contributed by atoms with Crippen molar-refractivity contribution in [3.63, 3.8) is 0 Å². The molecule has 36 heavy (non-hydrogen) atoms. The molecule has 6 rings (SSSR count). The van der Waals surface area contributed by atoms with Gasteiger partial charge in [-0.05, 0) is 36.8 Å². The van der Waals surface area contributed by atoms with Gasteiger partial charge < -0.3 is 24.8 Å². The van der Waals surface area contributed by atoms with Gasteiger partial charge in [0.15, 0.2) is 17.3 Å². The van der Waals surface area contributed by atoms with Gasteiger partial charge >= 0.3 is 0 Å². The summed E-state index contributed by atoms with van der Waals surface area (Å²) in [7, 11) is 1.57. The van der Waals surface area contributed by atoms with E-state index in [1.54, 1.807) is 23.9 Å². The Labute approximate surface area is 207 Å². The van der Waals surface area contributed by atoms with Crippen LogP contribution in [-0.4, -0.2) is 34.6 Å². The normalized spacial score (nSPS) is 15.8. The van der Waals surface area contributed by atoms with Gasteiger partial charge in [-0.2, -0.15) is 4.98 Å². The highest BCUT2D eigenvalue weighted by molar-refractivity contribution is 6.06. The van der Waals surface area contributed by atoms with Crippen LogP contribution in [0.1, 0.15) is 18.5 Å². The van der Waals surface area contributed by atoms with E-state index in [1.165, 1.54) is 0 Å². The number of carbonyl (C=O) groups is 1. The maximum absolute atomic E-state index is 13.8. The maximum atomic E-state index is 13.8. The molecule has 0 bridgehead atoms. The van der Waals surface area contributed by atoms with Gasteiger partial charge in [-0.3, -0.25) is 4.79 Å². The van der Waals surface area contributed by atoms with E-state index >= 15 is 0 Å². The van der Waals surface area contributed by atoms with Crippen molar-refractivity contribution in [1.82, 2.24) is 14.8 Å². The largest absolute Gasteiger partial charge is 0.495 e. The zero-order valence-corrected chi connectivity index (χ0v) is 19.7. The van der Waals surface area contributed by atoms with Crippen LogP contribution in [0.15, 0.2) is 84.1 Å². The van der Waals surface area contributed by atoms with Gasteiger partial charge in [-0.25, -0.2) is 4.68 Å². The van der Waals surface area contributed by atoms with Crippen LogP contribution in [0.4, 0.5) is 11.6 Å². The van der Waals surface area contributed by atoms with Crippen LogP contribution in [0.2, 0.25) is 0 Å². The first-order valence-electron chi connectivity index (χ1n) is 11.5. The highest BCUT2D eigenvalue weighted by atomic mass is 16.7. The van der Waals surface area contributed by atoms with E-state index in [-0.39, 0.29) is 12.7 Å². The first kappa shape index (κ1) is 21.7. The van der Waals surface area contributed by atoms with Gasteiger partial charge in [-0.1, -0.05) is 48.5 Å². The molecule has 1 aromatic heterocycles. The lowest BCUT2D eigenvalue weighted by Crippen LogP contribution is -2.31. The number of allylic oxidation sites excluding steroid dienone is 1. The number of nitrogens with zero attached hydrogens (tertiary/aromatic N) is 3. The maximum Gasteiger partial charge on any atom is 0.255 e. The third-order valence-corrected chi connectivity index (χ3v) is 6.20. The van der Waals surface area contributed by atoms with E-state index < -0.39 is 6.04 Å². The number of hydrogen-bond donors (Lipinski definition) is 2. The molecule has 180 valence electrons. The summed E-state index contributed by atoms with van der Waals surface area (Å²) in [6.45, 7) is 2.02. The van der Waals surface area contributed by atoms with Crippen molar-refractivity contribution in [3.8, 4) is 28.6 Å². The Balaban J connectivity index is 1.46. The molecule has 9 heteroatoms. The van der Waals surface area contributed by atoms with Crippen molar-refractivity contribution in [1.29, 1.82) is 0 Å². The fourth-order valence-electron chi connectivity index (χ4n) is 4.48. The summed E-state index contributed by atoms with van der Waals surface area (Å²) in [5, 5.41) is 11.1. The molecule has 0 aliphatic carbocycles. The Morgan fingerprint density at radius 1 is 1.06 bits per heavy atom. The monoisotopic (exact) mass is 481 g/mol. The minimum Gasteiger partial charge on any atom is -0.495 e. The molecular weight excluding hydrogens is 458 g/mol. The minimum absolute atomic E-state index is 0.160. The molecule has 1 unspecified atom stereocenters. The molecule has 3 aromatic carbocycles. The number of carbonyl (C=O) groups excluding carboxylic acids is 1. The summed E-state index contributed by atoms with van der Waals surface area (Å²) in [4.78, 5) is 18.5. The SMILES string of the molecule is COc1ccccc1NC(=O)C1=C(C)Nc2nc(-c3ccccc3)nn2C1c1ccc2c(c1)OCO2. The lowest BCUT2D eigenvalue weighted by molar-refractivity contribution is -0.113. The van der Waals surface area contributed by atoms with Crippen LogP contribution >= 0.6 is 0 Å². The second-order valence-electron chi connectivity index (χ2n) is 8.40. The van der Waals surface area contributed by atoms with Crippen molar-refractivity contribution >= 4 is 17.5 Å². The molecule has 0 saturated carbocycles. The van der Waals surface area contributed by atoms with Crippen molar-refractivity contribution in [3.05, 3.63) is 89.6 Å². The number of methoxy groups -OCH3 is 1. The van der Waals surface area contributed by atoms with Gasteiger partial charge in [0.1, 0.15) is 11.8 Å². The van der Waals surface area contributed by atoms with E-state index in [2.05, 4.69) is 10.6 Å². The third-order valence-electron chi connectivity index (χ3n) is 6.20. The molecule has 0 radical (unpaired) electrons. The number of amides is 1. The lowest BCUT2D eigenvalue weighted by atomic mass is 9.94. The average Bonchev–Trinajstić information content (AvgIpc) is 3.55. The van der Waals surface area contributed by atoms with Gasteiger partial charge in [-0.15, -0.1) is 5.10 Å². The fraction of sp³-hybridized carbons (Fsp3) is 0.148. The van der Waals surface area contributed by atoms with Crippen molar-refractivity contribution < 1.29 is 19.0 Å². The van der Waals surface area contributed by atoms with Crippen LogP contribution < -0.4 is 24.8 Å². The number of anilines is 2. The summed E-state index contributed by atoms with van der Waals surface area (Å²) in [5.74, 6) is 2.68. The zero-order chi connectivity index (χ0) is 24.6. The Kier molecular flexibility index (Phi) is 5.29. The Bertz CT molecular complexity index is 1500. The third kappa shape index (κ3) is 3.70. The van der Waals surface area contributed by atoms with E-state index in [0.29, 0.717) is 46.0 Å². The Hall–Kier alpha value is -4.79. The van der Waals surface area contributed by atoms with Crippen molar-refractivity contribution in [2.45, 2.75) is 13.0 Å². The molecular formula is C27H23N5O4. The lowest BCUT2D eigenvalue weighted by Gasteiger charge is -2.29. The van der Waals surface area contributed by atoms with Crippen LogP contribution in [-0.2, 0) is 4.79 Å². The molecule has 2 aliphatic rings. The van der Waals surface area contributed by atoms with Crippen LogP contribution in [0.5, 0.6) is 17.2 Å². The highest BCUT2D eigenvalue weighted by Gasteiger charge is 2.35. The first-order chi connectivity index (χ1) is 17.6. The highest BCUT2D eigenvalue weighted by Crippen LogP contribution is 2.41. The molecule has 4 aromatic rings. The summed E-state index contributed by atoms with van der Waals surface area (Å²) >= 11 is 0. The van der Waals surface area contributed by atoms with Gasteiger partial charge in [0.2, 0.25) is 12.7 Å². The Morgan fingerprint density at radius 2 is 1.83 bits per heavy atom. The van der Waals surface area contributed by atoms with E-state index in [9.17, 15) is 4.79 Å². The number of para-hydroxylation sites is 2. The molecule has 2 aliphatic heterocycles. The predicted molar refractivity (Wildman–Crippen MR) is 134 cm³/mol. The number of aromatic nitrogens is 3. The molecule has 0 fully saturated rings. The van der Waals surface area contributed by atoms with Gasteiger partial charge in [0.05, 0.1) is 18.4 Å².